The van der Waals surface area contributed by atoms with E-state index in [9.17, 15) is 19.8 Å². The Hall–Kier alpha value is -2.64. The van der Waals surface area contributed by atoms with Crippen LogP contribution in [0.25, 0.3) is 10.8 Å². The van der Waals surface area contributed by atoms with Gasteiger partial charge < -0.3 is 20.4 Å². The molecule has 0 unspecified atom stereocenters. The second-order valence-corrected chi connectivity index (χ2v) is 7.14. The third-order valence-electron chi connectivity index (χ3n) is 4.99. The molecular weight excluding hydrogens is 346 g/mol. The van der Waals surface area contributed by atoms with E-state index in [1.807, 2.05) is 17.0 Å². The molecule has 3 rings (SSSR count). The summed E-state index contributed by atoms with van der Waals surface area (Å²) < 4.78 is 0. The van der Waals surface area contributed by atoms with Crippen molar-refractivity contribution in [2.75, 3.05) is 33.7 Å². The van der Waals surface area contributed by atoms with Crippen LogP contribution in [0.5, 0.6) is 5.75 Å². The minimum Gasteiger partial charge on any atom is -0.506 e. The van der Waals surface area contributed by atoms with Crippen LogP contribution in [-0.4, -0.2) is 77.7 Å². The Balaban J connectivity index is 1.65. The fourth-order valence-corrected chi connectivity index (χ4v) is 3.33. The average Bonchev–Trinajstić information content (AvgIpc) is 2.64. The number of aliphatic hydroxyl groups excluding tert-OH is 1. The normalized spacial score (nSPS) is 20.4. The monoisotopic (exact) mass is 371 g/mol. The number of benzene rings is 2. The predicted octanol–water partition coefficient (Wildman–Crippen LogP) is 0.799. The second kappa shape index (κ2) is 7.94. The number of rotatable bonds is 4. The van der Waals surface area contributed by atoms with Gasteiger partial charge in [-0.15, -0.1) is 0 Å². The lowest BCUT2D eigenvalue weighted by atomic mass is 10.00. The van der Waals surface area contributed by atoms with Gasteiger partial charge in [-0.05, 0) is 17.9 Å². The molecule has 3 N–H and O–H groups in total. The van der Waals surface area contributed by atoms with Crippen LogP contribution in [0, 0.1) is 0 Å². The number of carbonyl (C=O) groups is 2. The predicted molar refractivity (Wildman–Crippen MR) is 103 cm³/mol. The molecule has 0 aliphatic carbocycles. The van der Waals surface area contributed by atoms with Gasteiger partial charge in [0.25, 0.3) is 5.91 Å². The third-order valence-corrected chi connectivity index (χ3v) is 4.99. The number of nitrogens with one attached hydrogen (secondary N) is 1. The fourth-order valence-electron chi connectivity index (χ4n) is 3.33. The van der Waals surface area contributed by atoms with Crippen LogP contribution in [0.1, 0.15) is 16.8 Å². The number of likely N-dealkylation sites (tertiary alicyclic amines) is 1. The molecule has 2 amide bonds. The van der Waals surface area contributed by atoms with Crippen molar-refractivity contribution < 1.29 is 19.8 Å². The summed E-state index contributed by atoms with van der Waals surface area (Å²) in [6.07, 6.45) is -0.248. The van der Waals surface area contributed by atoms with Crippen LogP contribution in [0.4, 0.5) is 0 Å². The highest BCUT2D eigenvalue weighted by Gasteiger charge is 2.30. The van der Waals surface area contributed by atoms with Crippen LogP contribution >= 0.6 is 0 Å². The number of nitrogens with zero attached hydrogens (tertiary/aromatic N) is 2. The second-order valence-electron chi connectivity index (χ2n) is 7.14. The van der Waals surface area contributed by atoms with E-state index in [0.29, 0.717) is 24.9 Å². The molecule has 0 saturated carbocycles. The van der Waals surface area contributed by atoms with Gasteiger partial charge in [0.2, 0.25) is 5.91 Å². The van der Waals surface area contributed by atoms with Crippen molar-refractivity contribution in [1.82, 2.24) is 15.1 Å². The molecule has 27 heavy (non-hydrogen) atoms. The Kier molecular flexibility index (Phi) is 5.62. The zero-order chi connectivity index (χ0) is 19.6. The van der Waals surface area contributed by atoms with Crippen molar-refractivity contribution in [3.63, 3.8) is 0 Å². The number of piperidine rings is 1. The smallest absolute Gasteiger partial charge is 0.255 e. The number of hydrogen-bond acceptors (Lipinski definition) is 5. The standard InChI is InChI=1S/C20H25N3O4/c1-22(2)18(25)12-23-10-9-16(17(24)11-23)21-20(27)15-8-7-13-5-3-4-6-14(13)19(15)26/h3-8,16-17,24,26H,9-12H2,1-2H3,(H,21,27)/t16-,17-/m1/s1. The van der Waals surface area contributed by atoms with Gasteiger partial charge in [0.1, 0.15) is 5.75 Å². The molecule has 1 fully saturated rings. The fraction of sp³-hybridized carbons (Fsp3) is 0.400. The van der Waals surface area contributed by atoms with E-state index in [1.54, 1.807) is 38.4 Å². The minimum absolute atomic E-state index is 0.0224. The van der Waals surface area contributed by atoms with Crippen molar-refractivity contribution in [1.29, 1.82) is 0 Å². The van der Waals surface area contributed by atoms with E-state index in [-0.39, 0.29) is 23.8 Å². The van der Waals surface area contributed by atoms with E-state index in [1.165, 1.54) is 4.90 Å². The molecular formula is C20H25N3O4. The zero-order valence-corrected chi connectivity index (χ0v) is 15.6. The average molecular weight is 371 g/mol. The van der Waals surface area contributed by atoms with Gasteiger partial charge in [-0.2, -0.15) is 0 Å². The van der Waals surface area contributed by atoms with E-state index in [0.717, 1.165) is 5.39 Å². The summed E-state index contributed by atoms with van der Waals surface area (Å²) in [7, 11) is 3.39. The van der Waals surface area contributed by atoms with Crippen molar-refractivity contribution in [2.45, 2.75) is 18.6 Å². The van der Waals surface area contributed by atoms with Gasteiger partial charge in [0, 0.05) is 32.6 Å². The Morgan fingerprint density at radius 1 is 1.22 bits per heavy atom. The van der Waals surface area contributed by atoms with E-state index >= 15 is 0 Å². The van der Waals surface area contributed by atoms with E-state index in [4.69, 9.17) is 0 Å². The summed E-state index contributed by atoms with van der Waals surface area (Å²) in [5, 5.41) is 25.1. The van der Waals surface area contributed by atoms with Crippen molar-refractivity contribution in [3.8, 4) is 5.75 Å². The lowest BCUT2D eigenvalue weighted by Crippen LogP contribution is -2.55. The maximum absolute atomic E-state index is 12.6. The van der Waals surface area contributed by atoms with Gasteiger partial charge in [-0.25, -0.2) is 0 Å². The molecule has 1 saturated heterocycles. The largest absolute Gasteiger partial charge is 0.506 e. The molecule has 1 aliphatic heterocycles. The molecule has 2 aromatic carbocycles. The minimum atomic E-state index is -0.778. The van der Waals surface area contributed by atoms with E-state index < -0.39 is 18.1 Å². The molecule has 144 valence electrons. The van der Waals surface area contributed by atoms with Crippen LogP contribution in [0.3, 0.4) is 0 Å². The first-order valence-electron chi connectivity index (χ1n) is 8.99. The number of fused-ring (bicyclic) bond motifs is 1. The first-order chi connectivity index (χ1) is 12.9. The number of phenolic OH excluding ortho intramolecular Hbond substituents is 1. The number of amides is 2. The summed E-state index contributed by atoms with van der Waals surface area (Å²) in [5.74, 6) is -0.500. The quantitative estimate of drug-likeness (QED) is 0.739. The number of likely N-dealkylation sites (N-methyl/N-ethyl adjacent to an activating group) is 1. The number of hydrogen-bond donors (Lipinski definition) is 3. The molecule has 7 nitrogen and oxygen atoms in total. The summed E-state index contributed by atoms with van der Waals surface area (Å²) in [6, 6.07) is 10.3. The Labute approximate surface area is 158 Å². The molecule has 7 heteroatoms. The number of aliphatic hydroxyl groups is 1. The van der Waals surface area contributed by atoms with Crippen LogP contribution in [0.2, 0.25) is 0 Å². The molecule has 2 atom stereocenters. The molecule has 0 radical (unpaired) electrons. The first kappa shape index (κ1) is 19.1. The third kappa shape index (κ3) is 4.20. The van der Waals surface area contributed by atoms with Crippen molar-refractivity contribution in [3.05, 3.63) is 42.0 Å². The molecule has 0 aromatic heterocycles. The molecule has 0 bridgehead atoms. The van der Waals surface area contributed by atoms with Crippen LogP contribution in [-0.2, 0) is 4.79 Å². The number of phenols is 1. The maximum atomic E-state index is 12.6. The van der Waals surface area contributed by atoms with Gasteiger partial charge in [0.05, 0.1) is 24.3 Å². The zero-order valence-electron chi connectivity index (χ0n) is 15.6. The van der Waals surface area contributed by atoms with E-state index in [2.05, 4.69) is 5.32 Å². The molecule has 1 heterocycles. The number of carbonyl (C=O) groups excluding carboxylic acids is 2. The van der Waals surface area contributed by atoms with Gasteiger partial charge >= 0.3 is 0 Å². The topological polar surface area (TPSA) is 93.1 Å². The van der Waals surface area contributed by atoms with Crippen LogP contribution in [0.15, 0.2) is 36.4 Å². The summed E-state index contributed by atoms with van der Waals surface area (Å²) in [6.45, 7) is 1.16. The molecule has 1 aliphatic rings. The van der Waals surface area contributed by atoms with Gasteiger partial charge in [0.15, 0.2) is 0 Å². The SMILES string of the molecule is CN(C)C(=O)CN1CC[C@@H](NC(=O)c2ccc3ccccc3c2O)[C@H](O)C1. The number of β-amino-alcohol motifs (C(OH)–C–C–N with tert-alkyl or cyclic N) is 1. The van der Waals surface area contributed by atoms with Gasteiger partial charge in [-0.1, -0.05) is 30.3 Å². The van der Waals surface area contributed by atoms with Crippen molar-refractivity contribution >= 4 is 22.6 Å². The molecule has 0 spiro atoms. The summed E-state index contributed by atoms with van der Waals surface area (Å²) in [4.78, 5) is 27.8. The van der Waals surface area contributed by atoms with Crippen molar-refractivity contribution in [2.24, 2.45) is 0 Å². The highest BCUT2D eigenvalue weighted by atomic mass is 16.3. The number of aromatic hydroxyl groups is 1. The lowest BCUT2D eigenvalue weighted by Gasteiger charge is -2.36. The highest BCUT2D eigenvalue weighted by molar-refractivity contribution is 6.03. The summed E-state index contributed by atoms with van der Waals surface area (Å²) in [5.41, 5.74) is 0.186. The Morgan fingerprint density at radius 3 is 2.67 bits per heavy atom. The first-order valence-corrected chi connectivity index (χ1v) is 8.99. The van der Waals surface area contributed by atoms with Crippen LogP contribution < -0.4 is 5.32 Å². The highest BCUT2D eigenvalue weighted by Crippen LogP contribution is 2.28. The molecule has 2 aromatic rings. The Bertz CT molecular complexity index is 852. The Morgan fingerprint density at radius 2 is 1.96 bits per heavy atom. The summed E-state index contributed by atoms with van der Waals surface area (Å²) >= 11 is 0. The lowest BCUT2D eigenvalue weighted by molar-refractivity contribution is -0.130. The maximum Gasteiger partial charge on any atom is 0.255 e. The van der Waals surface area contributed by atoms with Gasteiger partial charge in [-0.3, -0.25) is 14.5 Å².